The quantitative estimate of drug-likeness (QED) is 0.637. The Morgan fingerprint density at radius 3 is 2.21 bits per heavy atom. The summed E-state index contributed by atoms with van der Waals surface area (Å²) in [5.41, 5.74) is 2.13. The Bertz CT molecular complexity index is 789. The predicted octanol–water partition coefficient (Wildman–Crippen LogP) is 5.18. The van der Waals surface area contributed by atoms with Crippen LogP contribution in [-0.4, -0.2) is 16.5 Å². The summed E-state index contributed by atoms with van der Waals surface area (Å²) >= 11 is 11.8. The molecule has 4 nitrogen and oxygen atoms in total. The number of aromatic nitrogens is 2. The molecule has 0 amide bonds. The van der Waals surface area contributed by atoms with Gasteiger partial charge in [-0.15, -0.1) is 0 Å². The summed E-state index contributed by atoms with van der Waals surface area (Å²) in [5.74, 6) is 1.31. The first-order valence-electron chi connectivity index (χ1n) is 7.53. The molecule has 1 heterocycles. The van der Waals surface area contributed by atoms with E-state index in [1.807, 2.05) is 54.6 Å². The molecule has 0 fully saturated rings. The Hall–Kier alpha value is -2.30. The Labute approximate surface area is 150 Å². The van der Waals surface area contributed by atoms with Crippen LogP contribution < -0.4 is 10.6 Å². The van der Waals surface area contributed by atoms with Gasteiger partial charge in [0.05, 0.1) is 0 Å². The van der Waals surface area contributed by atoms with E-state index in [1.165, 1.54) is 5.56 Å². The lowest BCUT2D eigenvalue weighted by Crippen LogP contribution is -2.08. The average molecular weight is 359 g/mol. The molecular formula is C18H16Cl2N4. The van der Waals surface area contributed by atoms with Crippen molar-refractivity contribution in [3.05, 3.63) is 76.4 Å². The molecule has 0 aliphatic carbocycles. The van der Waals surface area contributed by atoms with Crippen LogP contribution >= 0.6 is 23.2 Å². The van der Waals surface area contributed by atoms with E-state index in [0.717, 1.165) is 29.5 Å². The van der Waals surface area contributed by atoms with Gasteiger partial charge in [0.25, 0.3) is 0 Å². The largest absolute Gasteiger partial charge is 0.354 e. The fourth-order valence-corrected chi connectivity index (χ4v) is 2.42. The lowest BCUT2D eigenvalue weighted by atomic mass is 10.1. The first kappa shape index (κ1) is 16.6. The molecule has 0 aliphatic rings. The average Bonchev–Trinajstić information content (AvgIpc) is 2.59. The standard InChI is InChI=1S/C18H16Cl2N4/c19-14-3-1-13(2-4-14)9-11-21-18-22-12-10-17(24-18)23-16-7-5-15(20)6-8-16/h1-8,10,12H,9,11H2,(H2,21,22,23,24). The maximum Gasteiger partial charge on any atom is 0.224 e. The SMILES string of the molecule is Clc1ccc(CCNc2nccc(Nc3ccc(Cl)cc3)n2)cc1. The predicted molar refractivity (Wildman–Crippen MR) is 100 cm³/mol. The Morgan fingerprint density at radius 1 is 0.833 bits per heavy atom. The van der Waals surface area contributed by atoms with Crippen molar-refractivity contribution in [1.29, 1.82) is 0 Å². The molecule has 0 radical (unpaired) electrons. The van der Waals surface area contributed by atoms with E-state index in [4.69, 9.17) is 23.2 Å². The Balaban J connectivity index is 1.56. The van der Waals surface area contributed by atoms with Gasteiger partial charge in [0, 0.05) is 28.5 Å². The van der Waals surface area contributed by atoms with Gasteiger partial charge in [-0.3, -0.25) is 0 Å². The molecule has 0 aliphatic heterocycles. The first-order chi connectivity index (χ1) is 11.7. The van der Waals surface area contributed by atoms with E-state index in [1.54, 1.807) is 6.20 Å². The van der Waals surface area contributed by atoms with Crippen molar-refractivity contribution >= 4 is 40.7 Å². The zero-order chi connectivity index (χ0) is 16.8. The topological polar surface area (TPSA) is 49.8 Å². The molecule has 24 heavy (non-hydrogen) atoms. The molecule has 1 aromatic heterocycles. The molecule has 0 unspecified atom stereocenters. The highest BCUT2D eigenvalue weighted by molar-refractivity contribution is 6.30. The number of nitrogens with zero attached hydrogens (tertiary/aromatic N) is 2. The van der Waals surface area contributed by atoms with E-state index < -0.39 is 0 Å². The third kappa shape index (κ3) is 4.85. The second-order valence-electron chi connectivity index (χ2n) is 5.20. The minimum Gasteiger partial charge on any atom is -0.354 e. The summed E-state index contributed by atoms with van der Waals surface area (Å²) in [6.45, 7) is 0.742. The lowest BCUT2D eigenvalue weighted by Gasteiger charge is -2.08. The lowest BCUT2D eigenvalue weighted by molar-refractivity contribution is 0.985. The number of halogens is 2. The molecule has 0 atom stereocenters. The van der Waals surface area contributed by atoms with Crippen LogP contribution in [0.3, 0.4) is 0 Å². The second kappa shape index (κ2) is 7.99. The summed E-state index contributed by atoms with van der Waals surface area (Å²) in [6, 6.07) is 17.1. The zero-order valence-electron chi connectivity index (χ0n) is 12.8. The molecule has 0 bridgehead atoms. The fraction of sp³-hybridized carbons (Fsp3) is 0.111. The van der Waals surface area contributed by atoms with E-state index in [2.05, 4.69) is 20.6 Å². The molecule has 2 aromatic carbocycles. The van der Waals surface area contributed by atoms with Gasteiger partial charge in [-0.2, -0.15) is 4.98 Å². The third-order valence-corrected chi connectivity index (χ3v) is 3.89. The summed E-state index contributed by atoms with van der Waals surface area (Å²) in [6.07, 6.45) is 2.59. The molecule has 0 spiro atoms. The van der Waals surface area contributed by atoms with Crippen LogP contribution in [0.1, 0.15) is 5.56 Å². The molecule has 122 valence electrons. The highest BCUT2D eigenvalue weighted by Gasteiger charge is 2.01. The van der Waals surface area contributed by atoms with Crippen molar-refractivity contribution in [2.75, 3.05) is 17.2 Å². The van der Waals surface area contributed by atoms with Crippen molar-refractivity contribution in [2.24, 2.45) is 0 Å². The molecule has 6 heteroatoms. The van der Waals surface area contributed by atoms with Crippen LogP contribution in [0.2, 0.25) is 10.0 Å². The van der Waals surface area contributed by atoms with Crippen LogP contribution in [0.25, 0.3) is 0 Å². The van der Waals surface area contributed by atoms with Crippen molar-refractivity contribution in [3.8, 4) is 0 Å². The van der Waals surface area contributed by atoms with Crippen LogP contribution in [0, 0.1) is 0 Å². The van der Waals surface area contributed by atoms with Gasteiger partial charge in [-0.05, 0) is 54.4 Å². The smallest absolute Gasteiger partial charge is 0.224 e. The number of anilines is 3. The number of hydrogen-bond acceptors (Lipinski definition) is 4. The van der Waals surface area contributed by atoms with Crippen molar-refractivity contribution in [2.45, 2.75) is 6.42 Å². The summed E-state index contributed by atoms with van der Waals surface area (Å²) < 4.78 is 0. The second-order valence-corrected chi connectivity index (χ2v) is 6.07. The molecule has 0 saturated carbocycles. The van der Waals surface area contributed by atoms with Gasteiger partial charge in [-0.1, -0.05) is 35.3 Å². The monoisotopic (exact) mass is 358 g/mol. The van der Waals surface area contributed by atoms with Crippen LogP contribution in [-0.2, 0) is 6.42 Å². The van der Waals surface area contributed by atoms with Crippen LogP contribution in [0.4, 0.5) is 17.5 Å². The summed E-state index contributed by atoms with van der Waals surface area (Å²) in [4.78, 5) is 8.68. The molecule has 3 aromatic rings. The van der Waals surface area contributed by atoms with Gasteiger partial charge in [0.2, 0.25) is 5.95 Å². The Kier molecular flexibility index (Phi) is 5.51. The van der Waals surface area contributed by atoms with Crippen LogP contribution in [0.5, 0.6) is 0 Å². The number of rotatable bonds is 6. The summed E-state index contributed by atoms with van der Waals surface area (Å²) in [5, 5.41) is 7.90. The minimum absolute atomic E-state index is 0.586. The highest BCUT2D eigenvalue weighted by Crippen LogP contribution is 2.18. The number of hydrogen-bond donors (Lipinski definition) is 2. The Morgan fingerprint density at radius 2 is 1.50 bits per heavy atom. The molecule has 0 saturated heterocycles. The van der Waals surface area contributed by atoms with Crippen molar-refractivity contribution < 1.29 is 0 Å². The maximum absolute atomic E-state index is 5.89. The molecular weight excluding hydrogens is 343 g/mol. The maximum atomic E-state index is 5.89. The first-order valence-corrected chi connectivity index (χ1v) is 8.28. The zero-order valence-corrected chi connectivity index (χ0v) is 14.3. The van der Waals surface area contributed by atoms with Crippen molar-refractivity contribution in [1.82, 2.24) is 9.97 Å². The van der Waals surface area contributed by atoms with Gasteiger partial charge >= 0.3 is 0 Å². The van der Waals surface area contributed by atoms with Gasteiger partial charge in [-0.25, -0.2) is 4.98 Å². The third-order valence-electron chi connectivity index (χ3n) is 3.38. The molecule has 2 N–H and O–H groups in total. The van der Waals surface area contributed by atoms with Gasteiger partial charge in [0.15, 0.2) is 0 Å². The van der Waals surface area contributed by atoms with Gasteiger partial charge in [0.1, 0.15) is 5.82 Å². The van der Waals surface area contributed by atoms with Gasteiger partial charge < -0.3 is 10.6 Å². The normalized spacial score (nSPS) is 10.4. The van der Waals surface area contributed by atoms with Crippen molar-refractivity contribution in [3.63, 3.8) is 0 Å². The fourth-order valence-electron chi connectivity index (χ4n) is 2.16. The van der Waals surface area contributed by atoms with Crippen LogP contribution in [0.15, 0.2) is 60.8 Å². The van der Waals surface area contributed by atoms with E-state index in [0.29, 0.717) is 11.0 Å². The van der Waals surface area contributed by atoms with E-state index in [-0.39, 0.29) is 0 Å². The van der Waals surface area contributed by atoms with E-state index in [9.17, 15) is 0 Å². The van der Waals surface area contributed by atoms with E-state index >= 15 is 0 Å². The minimum atomic E-state index is 0.586. The number of nitrogens with one attached hydrogen (secondary N) is 2. The summed E-state index contributed by atoms with van der Waals surface area (Å²) in [7, 11) is 0. The highest BCUT2D eigenvalue weighted by atomic mass is 35.5. The molecule has 3 rings (SSSR count). The number of benzene rings is 2.